The summed E-state index contributed by atoms with van der Waals surface area (Å²) in [5, 5.41) is 9.42. The van der Waals surface area contributed by atoms with Crippen LogP contribution in [0.4, 0.5) is 0 Å². The third kappa shape index (κ3) is 7.72. The SMILES string of the molecule is CCNC(=NCCC1=CCCCC1)NCCNC(=O)c1cccc(OC)c1. The second-order valence-electron chi connectivity index (χ2n) is 6.53. The Hall–Kier alpha value is -2.50. The molecule has 0 radical (unpaired) electrons. The van der Waals surface area contributed by atoms with E-state index in [2.05, 4.69) is 27.0 Å². The number of methoxy groups -OCH3 is 1. The molecule has 148 valence electrons. The van der Waals surface area contributed by atoms with E-state index in [0.717, 1.165) is 25.5 Å². The number of hydrogen-bond donors (Lipinski definition) is 3. The number of hydrogen-bond acceptors (Lipinski definition) is 3. The molecule has 0 aliphatic heterocycles. The molecule has 3 N–H and O–H groups in total. The van der Waals surface area contributed by atoms with Crippen molar-refractivity contribution in [3.63, 3.8) is 0 Å². The van der Waals surface area contributed by atoms with Gasteiger partial charge in [0.15, 0.2) is 5.96 Å². The van der Waals surface area contributed by atoms with Gasteiger partial charge in [-0.05, 0) is 57.2 Å². The molecule has 0 fully saturated rings. The van der Waals surface area contributed by atoms with Crippen LogP contribution in [0.15, 0.2) is 40.9 Å². The molecule has 0 heterocycles. The predicted octanol–water partition coefficient (Wildman–Crippen LogP) is 2.87. The van der Waals surface area contributed by atoms with E-state index < -0.39 is 0 Å². The lowest BCUT2D eigenvalue weighted by atomic mass is 9.97. The zero-order valence-electron chi connectivity index (χ0n) is 16.5. The summed E-state index contributed by atoms with van der Waals surface area (Å²) in [6, 6.07) is 7.13. The van der Waals surface area contributed by atoms with Crippen molar-refractivity contribution in [1.82, 2.24) is 16.0 Å². The molecule has 6 nitrogen and oxygen atoms in total. The van der Waals surface area contributed by atoms with Crippen LogP contribution in [-0.4, -0.2) is 45.2 Å². The van der Waals surface area contributed by atoms with E-state index in [4.69, 9.17) is 4.74 Å². The molecule has 0 spiro atoms. The van der Waals surface area contributed by atoms with Crippen molar-refractivity contribution < 1.29 is 9.53 Å². The maximum Gasteiger partial charge on any atom is 0.251 e. The molecule has 1 amide bonds. The van der Waals surface area contributed by atoms with Gasteiger partial charge in [-0.2, -0.15) is 0 Å². The van der Waals surface area contributed by atoms with Crippen LogP contribution in [0, 0.1) is 0 Å². The largest absolute Gasteiger partial charge is 0.497 e. The number of amides is 1. The topological polar surface area (TPSA) is 74.8 Å². The minimum Gasteiger partial charge on any atom is -0.497 e. The summed E-state index contributed by atoms with van der Waals surface area (Å²) in [5.74, 6) is 1.36. The average Bonchev–Trinajstić information content (AvgIpc) is 2.71. The second kappa shape index (κ2) is 12.0. The van der Waals surface area contributed by atoms with Crippen molar-refractivity contribution in [2.45, 2.75) is 39.0 Å². The molecule has 0 atom stereocenters. The second-order valence-corrected chi connectivity index (χ2v) is 6.53. The van der Waals surface area contributed by atoms with Crippen LogP contribution in [0.3, 0.4) is 0 Å². The fraction of sp³-hybridized carbons (Fsp3) is 0.524. The highest BCUT2D eigenvalue weighted by molar-refractivity contribution is 5.94. The van der Waals surface area contributed by atoms with Gasteiger partial charge in [-0.1, -0.05) is 17.7 Å². The van der Waals surface area contributed by atoms with Gasteiger partial charge in [0.1, 0.15) is 5.75 Å². The maximum absolute atomic E-state index is 12.2. The van der Waals surface area contributed by atoms with E-state index in [9.17, 15) is 4.79 Å². The third-order valence-electron chi connectivity index (χ3n) is 4.47. The highest BCUT2D eigenvalue weighted by Gasteiger charge is 2.06. The van der Waals surface area contributed by atoms with Gasteiger partial charge in [-0.25, -0.2) is 0 Å². The van der Waals surface area contributed by atoms with Crippen LogP contribution in [0.25, 0.3) is 0 Å². The monoisotopic (exact) mass is 372 g/mol. The lowest BCUT2D eigenvalue weighted by Gasteiger charge is -2.14. The van der Waals surface area contributed by atoms with E-state index >= 15 is 0 Å². The number of guanidine groups is 1. The lowest BCUT2D eigenvalue weighted by molar-refractivity contribution is 0.0954. The normalized spacial score (nSPS) is 14.3. The fourth-order valence-corrected chi connectivity index (χ4v) is 3.01. The minimum atomic E-state index is -0.109. The first-order chi connectivity index (χ1) is 13.2. The molecule has 27 heavy (non-hydrogen) atoms. The minimum absolute atomic E-state index is 0.109. The molecule has 0 saturated heterocycles. The Morgan fingerprint density at radius 2 is 2.04 bits per heavy atom. The number of carbonyl (C=O) groups is 1. The molecular weight excluding hydrogens is 340 g/mol. The molecule has 0 unspecified atom stereocenters. The number of nitrogens with one attached hydrogen (secondary N) is 3. The molecule has 1 aromatic rings. The number of benzene rings is 1. The smallest absolute Gasteiger partial charge is 0.251 e. The Labute approximate surface area is 162 Å². The summed E-state index contributed by atoms with van der Waals surface area (Å²) in [6.07, 6.45) is 8.45. The highest BCUT2D eigenvalue weighted by atomic mass is 16.5. The van der Waals surface area contributed by atoms with Crippen LogP contribution in [0.1, 0.15) is 49.4 Å². The van der Waals surface area contributed by atoms with Gasteiger partial charge >= 0.3 is 0 Å². The number of ether oxygens (including phenoxy) is 1. The fourth-order valence-electron chi connectivity index (χ4n) is 3.01. The highest BCUT2D eigenvalue weighted by Crippen LogP contribution is 2.19. The van der Waals surface area contributed by atoms with Crippen molar-refractivity contribution in [1.29, 1.82) is 0 Å². The first-order valence-electron chi connectivity index (χ1n) is 9.85. The van der Waals surface area contributed by atoms with Crippen LogP contribution in [-0.2, 0) is 0 Å². The molecule has 1 aliphatic carbocycles. The van der Waals surface area contributed by atoms with Crippen molar-refractivity contribution in [2.75, 3.05) is 33.3 Å². The van der Waals surface area contributed by atoms with Crippen molar-refractivity contribution >= 4 is 11.9 Å². The molecule has 1 aliphatic rings. The number of nitrogens with zero attached hydrogens (tertiary/aromatic N) is 1. The van der Waals surface area contributed by atoms with Crippen molar-refractivity contribution in [2.24, 2.45) is 4.99 Å². The van der Waals surface area contributed by atoms with Gasteiger partial charge in [0.25, 0.3) is 5.91 Å². The van der Waals surface area contributed by atoms with Crippen molar-refractivity contribution in [3.8, 4) is 5.75 Å². The Morgan fingerprint density at radius 1 is 1.19 bits per heavy atom. The third-order valence-corrected chi connectivity index (χ3v) is 4.47. The van der Waals surface area contributed by atoms with E-state index in [1.807, 2.05) is 19.1 Å². The Balaban J connectivity index is 1.72. The Bertz CT molecular complexity index is 655. The number of rotatable bonds is 9. The zero-order valence-corrected chi connectivity index (χ0v) is 16.5. The molecule has 0 aromatic heterocycles. The first kappa shape index (κ1) is 20.8. The lowest BCUT2D eigenvalue weighted by Crippen LogP contribution is -2.41. The predicted molar refractivity (Wildman–Crippen MR) is 110 cm³/mol. The summed E-state index contributed by atoms with van der Waals surface area (Å²) >= 11 is 0. The van der Waals surface area contributed by atoms with Gasteiger partial charge in [-0.15, -0.1) is 0 Å². The van der Waals surface area contributed by atoms with E-state index in [0.29, 0.717) is 24.4 Å². The molecule has 0 saturated carbocycles. The summed E-state index contributed by atoms with van der Waals surface area (Å²) in [5.41, 5.74) is 2.13. The quantitative estimate of drug-likeness (QED) is 0.270. The van der Waals surface area contributed by atoms with E-state index in [1.54, 1.807) is 19.2 Å². The van der Waals surface area contributed by atoms with Crippen LogP contribution >= 0.6 is 0 Å². The van der Waals surface area contributed by atoms with Gasteiger partial charge in [0.2, 0.25) is 0 Å². The number of aliphatic imine (C=N–C) groups is 1. The van der Waals surface area contributed by atoms with Gasteiger partial charge < -0.3 is 20.7 Å². The number of allylic oxidation sites excluding steroid dienone is 1. The number of carbonyl (C=O) groups excluding carboxylic acids is 1. The summed E-state index contributed by atoms with van der Waals surface area (Å²) in [4.78, 5) is 16.8. The zero-order chi connectivity index (χ0) is 19.3. The maximum atomic E-state index is 12.2. The molecular formula is C21H32N4O2. The van der Waals surface area contributed by atoms with Crippen molar-refractivity contribution in [3.05, 3.63) is 41.5 Å². The van der Waals surface area contributed by atoms with E-state index in [-0.39, 0.29) is 5.91 Å². The molecule has 0 bridgehead atoms. The first-order valence-corrected chi connectivity index (χ1v) is 9.85. The molecule has 6 heteroatoms. The molecule has 2 rings (SSSR count). The Morgan fingerprint density at radius 3 is 2.78 bits per heavy atom. The molecule has 1 aromatic carbocycles. The average molecular weight is 373 g/mol. The van der Waals surface area contributed by atoms with Crippen LogP contribution in [0.5, 0.6) is 5.75 Å². The van der Waals surface area contributed by atoms with Crippen LogP contribution < -0.4 is 20.7 Å². The summed E-state index contributed by atoms with van der Waals surface area (Å²) < 4.78 is 5.15. The summed E-state index contributed by atoms with van der Waals surface area (Å²) in [7, 11) is 1.59. The van der Waals surface area contributed by atoms with Crippen LogP contribution in [0.2, 0.25) is 0 Å². The van der Waals surface area contributed by atoms with E-state index in [1.165, 1.54) is 31.3 Å². The van der Waals surface area contributed by atoms with Gasteiger partial charge in [0.05, 0.1) is 7.11 Å². The van der Waals surface area contributed by atoms with Gasteiger partial charge in [-0.3, -0.25) is 9.79 Å². The summed E-state index contributed by atoms with van der Waals surface area (Å²) in [6.45, 7) is 4.78. The Kier molecular flexibility index (Phi) is 9.24. The standard InChI is InChI=1S/C21H32N4O2/c1-3-22-21(24-13-12-17-8-5-4-6-9-17)25-15-14-23-20(26)18-10-7-11-19(16-18)27-2/h7-8,10-11,16H,3-6,9,12-15H2,1-2H3,(H,23,26)(H2,22,24,25). The van der Waals surface area contributed by atoms with Gasteiger partial charge in [0, 0.05) is 31.7 Å².